The average Bonchev–Trinajstić information content (AvgIpc) is 2.91. The largest absolute Gasteiger partial charge is 0.492 e. The van der Waals surface area contributed by atoms with Crippen LogP contribution in [0.5, 0.6) is 5.75 Å². The Kier molecular flexibility index (Phi) is 18.2. The van der Waals surface area contributed by atoms with Crippen LogP contribution in [0.15, 0.2) is 60.8 Å². The van der Waals surface area contributed by atoms with E-state index in [1.807, 2.05) is 74.4 Å². The van der Waals surface area contributed by atoms with Crippen LogP contribution in [0.1, 0.15) is 37.8 Å². The molecule has 1 aliphatic heterocycles. The summed E-state index contributed by atoms with van der Waals surface area (Å²) in [5.41, 5.74) is 3.07. The first-order valence-electron chi connectivity index (χ1n) is 13.9. The zero-order valence-electron chi connectivity index (χ0n) is 24.8. The molecule has 1 atom stereocenters. The number of rotatable bonds is 2. The van der Waals surface area contributed by atoms with E-state index in [9.17, 15) is 9.59 Å². The Morgan fingerprint density at radius 3 is 2.33 bits per heavy atom. The normalized spacial score (nSPS) is 17.1. The number of amides is 2. The van der Waals surface area contributed by atoms with Crippen LogP contribution in [0.4, 0.5) is 0 Å². The van der Waals surface area contributed by atoms with E-state index >= 15 is 0 Å². The highest BCUT2D eigenvalue weighted by Gasteiger charge is 2.21. The van der Waals surface area contributed by atoms with Gasteiger partial charge in [-0.2, -0.15) is 0 Å². The molecule has 2 aromatic rings. The first kappa shape index (κ1) is 35.0. The second kappa shape index (κ2) is 20.8. The van der Waals surface area contributed by atoms with Gasteiger partial charge in [0.2, 0.25) is 11.8 Å². The summed E-state index contributed by atoms with van der Waals surface area (Å²) in [7, 11) is 3.74. The summed E-state index contributed by atoms with van der Waals surface area (Å²) in [6.07, 6.45) is 2.84. The zero-order valence-corrected chi connectivity index (χ0v) is 25.6. The molecular formula is C31H48ClN5O3. The summed E-state index contributed by atoms with van der Waals surface area (Å²) in [4.78, 5) is 26.7. The van der Waals surface area contributed by atoms with E-state index < -0.39 is 6.04 Å². The molecular weight excluding hydrogens is 526 g/mol. The maximum atomic E-state index is 12.6. The van der Waals surface area contributed by atoms with Crippen molar-refractivity contribution in [3.8, 4) is 5.75 Å². The number of aryl methyl sites for hydroxylation is 2. The summed E-state index contributed by atoms with van der Waals surface area (Å²) in [5, 5.41) is 12.8. The van der Waals surface area contributed by atoms with Gasteiger partial charge in [0, 0.05) is 36.9 Å². The van der Waals surface area contributed by atoms with Crippen molar-refractivity contribution in [1.82, 2.24) is 26.2 Å². The third-order valence-corrected chi connectivity index (χ3v) is 5.73. The van der Waals surface area contributed by atoms with Crippen molar-refractivity contribution >= 4 is 23.4 Å². The van der Waals surface area contributed by atoms with Crippen molar-refractivity contribution in [1.29, 1.82) is 0 Å². The van der Waals surface area contributed by atoms with E-state index in [2.05, 4.69) is 41.7 Å². The number of hydrogen-bond acceptors (Lipinski definition) is 6. The molecule has 4 N–H and O–H groups in total. The summed E-state index contributed by atoms with van der Waals surface area (Å²) in [5.74, 6) is 0.446. The van der Waals surface area contributed by atoms with Crippen molar-refractivity contribution < 1.29 is 14.3 Å². The van der Waals surface area contributed by atoms with Crippen LogP contribution in [-0.2, 0) is 16.0 Å². The molecule has 0 radical (unpaired) electrons. The van der Waals surface area contributed by atoms with Gasteiger partial charge in [0.05, 0.1) is 6.54 Å². The Morgan fingerprint density at radius 2 is 1.68 bits per heavy atom. The summed E-state index contributed by atoms with van der Waals surface area (Å²) < 4.78 is 5.90. The highest BCUT2D eigenvalue weighted by molar-refractivity contribution is 6.30. The quantitative estimate of drug-likeness (QED) is 0.435. The number of halogens is 1. The Bertz CT molecular complexity index is 993. The monoisotopic (exact) mass is 573 g/mol. The van der Waals surface area contributed by atoms with E-state index in [-0.39, 0.29) is 18.4 Å². The number of nitrogens with one attached hydrogen (secondary N) is 4. The van der Waals surface area contributed by atoms with Gasteiger partial charge >= 0.3 is 0 Å². The van der Waals surface area contributed by atoms with Gasteiger partial charge in [-0.1, -0.05) is 74.3 Å². The molecule has 9 heteroatoms. The number of ether oxygens (including phenoxy) is 1. The first-order chi connectivity index (χ1) is 19.2. The van der Waals surface area contributed by atoms with Crippen LogP contribution in [0.25, 0.3) is 0 Å². The van der Waals surface area contributed by atoms with E-state index in [1.165, 1.54) is 12.0 Å². The van der Waals surface area contributed by atoms with E-state index in [1.54, 1.807) is 0 Å². The van der Waals surface area contributed by atoms with E-state index in [4.69, 9.17) is 16.3 Å². The lowest BCUT2D eigenvalue weighted by molar-refractivity contribution is -0.128. The molecule has 0 bridgehead atoms. The molecule has 0 spiro atoms. The van der Waals surface area contributed by atoms with Crippen LogP contribution in [-0.4, -0.2) is 76.2 Å². The first-order valence-corrected chi connectivity index (χ1v) is 14.3. The fraction of sp³-hybridized carbons (Fsp3) is 0.484. The predicted molar refractivity (Wildman–Crippen MR) is 166 cm³/mol. The fourth-order valence-electron chi connectivity index (χ4n) is 3.54. The molecule has 0 aliphatic carbocycles. The lowest BCUT2D eigenvalue weighted by Gasteiger charge is -2.22. The van der Waals surface area contributed by atoms with Crippen molar-refractivity contribution in [2.45, 2.75) is 46.1 Å². The number of para-hydroxylation sites is 1. The van der Waals surface area contributed by atoms with Crippen molar-refractivity contribution in [3.05, 3.63) is 77.0 Å². The topological polar surface area (TPSA) is 94.7 Å². The van der Waals surface area contributed by atoms with Crippen LogP contribution in [0.2, 0.25) is 5.02 Å². The number of hydrogen-bond donors (Lipinski definition) is 4. The maximum Gasteiger partial charge on any atom is 0.243 e. The van der Waals surface area contributed by atoms with Gasteiger partial charge in [0.1, 0.15) is 18.4 Å². The van der Waals surface area contributed by atoms with Gasteiger partial charge in [0.25, 0.3) is 0 Å². The minimum Gasteiger partial charge on any atom is -0.492 e. The molecule has 0 saturated carbocycles. The lowest BCUT2D eigenvalue weighted by atomic mass is 10.1. The van der Waals surface area contributed by atoms with E-state index in [0.717, 1.165) is 29.2 Å². The number of fused-ring (bicyclic) bond motifs is 1. The highest BCUT2D eigenvalue weighted by Crippen LogP contribution is 2.19. The van der Waals surface area contributed by atoms with Crippen LogP contribution < -0.4 is 26.0 Å². The molecule has 1 unspecified atom stereocenters. The number of carbonyl (C=O) groups is 2. The number of carbonyl (C=O) groups excluding carboxylic acids is 2. The lowest BCUT2D eigenvalue weighted by Crippen LogP contribution is -2.53. The van der Waals surface area contributed by atoms with Gasteiger partial charge in [0.15, 0.2) is 0 Å². The highest BCUT2D eigenvalue weighted by atomic mass is 35.5. The SMILES string of the molecule is C=C1CNCCOc2ccccc2CCCNC(=O)C(CN(C)C)NC(=O)CN1.CCC.Cc1ccc(Cl)cc1. The van der Waals surface area contributed by atoms with Gasteiger partial charge in [-0.05, 0) is 57.6 Å². The minimum atomic E-state index is -0.611. The van der Waals surface area contributed by atoms with Crippen molar-refractivity contribution in [3.63, 3.8) is 0 Å². The Hall–Kier alpha value is -3.07. The van der Waals surface area contributed by atoms with Gasteiger partial charge in [-0.3, -0.25) is 9.59 Å². The molecule has 0 saturated heterocycles. The van der Waals surface area contributed by atoms with E-state index in [0.29, 0.717) is 38.5 Å². The molecule has 1 heterocycles. The molecule has 2 amide bonds. The second-order valence-electron chi connectivity index (χ2n) is 9.87. The van der Waals surface area contributed by atoms with Crippen LogP contribution >= 0.6 is 11.6 Å². The van der Waals surface area contributed by atoms with Crippen LogP contribution in [0.3, 0.4) is 0 Å². The molecule has 0 fully saturated rings. The number of likely N-dealkylation sites (N-methyl/N-ethyl adjacent to an activating group) is 1. The van der Waals surface area contributed by atoms with Crippen molar-refractivity contribution in [2.75, 3.05) is 53.4 Å². The summed E-state index contributed by atoms with van der Waals surface area (Å²) in [6.45, 7) is 13.0. The minimum absolute atomic E-state index is 0.0710. The van der Waals surface area contributed by atoms with Gasteiger partial charge < -0.3 is 30.9 Å². The molecule has 2 aromatic carbocycles. The number of nitrogens with zero attached hydrogens (tertiary/aromatic N) is 1. The Morgan fingerprint density at radius 1 is 1.00 bits per heavy atom. The zero-order chi connectivity index (χ0) is 29.8. The van der Waals surface area contributed by atoms with Gasteiger partial charge in [-0.15, -0.1) is 0 Å². The Labute approximate surface area is 245 Å². The number of benzene rings is 2. The molecule has 0 aromatic heterocycles. The smallest absolute Gasteiger partial charge is 0.243 e. The third kappa shape index (κ3) is 16.1. The predicted octanol–water partition coefficient (Wildman–Crippen LogP) is 3.93. The van der Waals surface area contributed by atoms with Gasteiger partial charge in [-0.25, -0.2) is 0 Å². The average molecular weight is 574 g/mol. The maximum absolute atomic E-state index is 12.6. The third-order valence-electron chi connectivity index (χ3n) is 5.48. The molecule has 222 valence electrons. The second-order valence-corrected chi connectivity index (χ2v) is 10.3. The molecule has 1 aliphatic rings. The summed E-state index contributed by atoms with van der Waals surface area (Å²) >= 11 is 5.61. The molecule has 3 rings (SSSR count). The van der Waals surface area contributed by atoms with Crippen LogP contribution in [0, 0.1) is 6.92 Å². The Balaban J connectivity index is 0.000000606. The molecule has 40 heavy (non-hydrogen) atoms. The van der Waals surface area contributed by atoms with Crippen molar-refractivity contribution in [2.24, 2.45) is 0 Å². The fourth-order valence-corrected chi connectivity index (χ4v) is 3.67. The summed E-state index contributed by atoms with van der Waals surface area (Å²) in [6, 6.07) is 15.1. The molecule has 8 nitrogen and oxygen atoms in total. The standard InChI is InChI=1S/C21H33N5O3.C7H7Cl.C3H8/c1-16-13-22-11-12-29-19-9-5-4-7-17(19)8-6-10-23-21(28)18(15-26(2)3)25-20(27)14-24-16;1-6-2-4-7(8)5-3-6;1-3-2/h4-5,7,9,18,22,24H,1,6,8,10-15H2,2-3H3,(H,23,28)(H,25,27);2-5H,1H3;3H2,1-2H3.